The minimum atomic E-state index is -0.330. The minimum absolute atomic E-state index is 0.330. The Balaban J connectivity index is 1.73. The number of nitrogens with zero attached hydrogens (tertiary/aromatic N) is 1. The van der Waals surface area contributed by atoms with Gasteiger partial charge in [-0.1, -0.05) is 61.7 Å². The van der Waals surface area contributed by atoms with Gasteiger partial charge in [0.05, 0.1) is 23.9 Å². The fourth-order valence-electron chi connectivity index (χ4n) is 3.96. The van der Waals surface area contributed by atoms with Crippen LogP contribution in [0.5, 0.6) is 0 Å². The molecule has 0 bridgehead atoms. The van der Waals surface area contributed by atoms with Gasteiger partial charge in [-0.25, -0.2) is 9.78 Å². The Bertz CT molecular complexity index is 925. The fourth-order valence-corrected chi connectivity index (χ4v) is 3.96. The van der Waals surface area contributed by atoms with Gasteiger partial charge in [-0.2, -0.15) is 0 Å². The Kier molecular flexibility index (Phi) is 4.70. The minimum Gasteiger partial charge on any atom is -0.465 e. The number of hydrogen-bond acceptors (Lipinski definition) is 3. The van der Waals surface area contributed by atoms with E-state index in [1.54, 1.807) is 0 Å². The lowest BCUT2D eigenvalue weighted by molar-refractivity contribution is 0.0603. The number of rotatable bonds is 3. The topological polar surface area (TPSA) is 39.2 Å². The Morgan fingerprint density at radius 2 is 1.73 bits per heavy atom. The number of benzene rings is 2. The number of esters is 1. The van der Waals surface area contributed by atoms with Crippen LogP contribution in [0.3, 0.4) is 0 Å². The molecular weight excluding hydrogens is 322 g/mol. The zero-order valence-corrected chi connectivity index (χ0v) is 15.1. The molecule has 0 aliphatic heterocycles. The molecule has 3 nitrogen and oxygen atoms in total. The van der Waals surface area contributed by atoms with Gasteiger partial charge in [0.15, 0.2) is 0 Å². The van der Waals surface area contributed by atoms with Crippen molar-refractivity contribution in [2.75, 3.05) is 7.11 Å². The summed E-state index contributed by atoms with van der Waals surface area (Å²) in [4.78, 5) is 17.0. The molecule has 0 saturated heterocycles. The van der Waals surface area contributed by atoms with E-state index >= 15 is 0 Å². The number of pyridine rings is 1. The van der Waals surface area contributed by atoms with Crippen molar-refractivity contribution in [3.05, 3.63) is 65.7 Å². The van der Waals surface area contributed by atoms with E-state index < -0.39 is 0 Å². The summed E-state index contributed by atoms with van der Waals surface area (Å²) in [5.41, 5.74) is 4.62. The van der Waals surface area contributed by atoms with Crippen LogP contribution in [0.4, 0.5) is 0 Å². The average molecular weight is 345 g/mol. The maximum atomic E-state index is 12.2. The number of carbonyl (C=O) groups is 1. The summed E-state index contributed by atoms with van der Waals surface area (Å²) >= 11 is 0. The summed E-state index contributed by atoms with van der Waals surface area (Å²) in [7, 11) is 1.41. The Labute approximate surface area is 154 Å². The van der Waals surface area contributed by atoms with Gasteiger partial charge in [0.2, 0.25) is 0 Å². The van der Waals surface area contributed by atoms with Crippen molar-refractivity contribution in [1.82, 2.24) is 4.98 Å². The van der Waals surface area contributed by atoms with Gasteiger partial charge in [-0.15, -0.1) is 0 Å². The van der Waals surface area contributed by atoms with E-state index in [2.05, 4.69) is 24.3 Å². The smallest absolute Gasteiger partial charge is 0.338 e. The van der Waals surface area contributed by atoms with Crippen LogP contribution in [0.25, 0.3) is 22.2 Å². The largest absolute Gasteiger partial charge is 0.465 e. The molecule has 3 heteroatoms. The number of aromatic nitrogens is 1. The van der Waals surface area contributed by atoms with Gasteiger partial charge in [-0.05, 0) is 36.5 Å². The molecule has 2 aromatic carbocycles. The van der Waals surface area contributed by atoms with Crippen LogP contribution in [0.2, 0.25) is 0 Å². The third-order valence-electron chi connectivity index (χ3n) is 5.40. The molecule has 26 heavy (non-hydrogen) atoms. The van der Waals surface area contributed by atoms with E-state index in [4.69, 9.17) is 9.72 Å². The number of hydrogen-bond donors (Lipinski definition) is 0. The van der Waals surface area contributed by atoms with Crippen LogP contribution in [0, 0.1) is 0 Å². The van der Waals surface area contributed by atoms with Crippen molar-refractivity contribution >= 4 is 16.9 Å². The second kappa shape index (κ2) is 7.28. The number of methoxy groups -OCH3 is 1. The first-order chi connectivity index (χ1) is 12.8. The lowest BCUT2D eigenvalue weighted by Crippen LogP contribution is -2.05. The van der Waals surface area contributed by atoms with Gasteiger partial charge >= 0.3 is 5.97 Å². The van der Waals surface area contributed by atoms with E-state index in [9.17, 15) is 4.79 Å². The molecular formula is C23H23NO2. The Morgan fingerprint density at radius 1 is 1.00 bits per heavy atom. The van der Waals surface area contributed by atoms with Crippen molar-refractivity contribution in [2.24, 2.45) is 0 Å². The Hall–Kier alpha value is -2.68. The molecule has 3 aromatic rings. The van der Waals surface area contributed by atoms with Crippen molar-refractivity contribution in [1.29, 1.82) is 0 Å². The van der Waals surface area contributed by atoms with Crippen molar-refractivity contribution in [3.8, 4) is 11.3 Å². The molecule has 0 atom stereocenters. The molecule has 1 heterocycles. The van der Waals surface area contributed by atoms with Crippen LogP contribution >= 0.6 is 0 Å². The molecule has 132 valence electrons. The molecule has 4 rings (SSSR count). The van der Waals surface area contributed by atoms with Crippen LogP contribution < -0.4 is 0 Å². The highest BCUT2D eigenvalue weighted by atomic mass is 16.5. The second-order valence-corrected chi connectivity index (χ2v) is 7.02. The Morgan fingerprint density at radius 3 is 2.46 bits per heavy atom. The lowest BCUT2D eigenvalue weighted by Gasteiger charge is -2.22. The zero-order chi connectivity index (χ0) is 17.9. The molecule has 1 aliphatic rings. The number of fused-ring (bicyclic) bond motifs is 1. The van der Waals surface area contributed by atoms with Crippen LogP contribution in [0.1, 0.15) is 53.9 Å². The van der Waals surface area contributed by atoms with Crippen molar-refractivity contribution < 1.29 is 9.53 Å². The standard InChI is InChI=1S/C23H23NO2/c1-26-23(25)20-15-22(24-21-10-6-5-9-19(20)21)18-13-11-17(12-14-18)16-7-3-2-4-8-16/h5-6,9-16H,2-4,7-8H2,1H3. The molecule has 0 amide bonds. The predicted octanol–water partition coefficient (Wildman–Crippen LogP) is 5.74. The van der Waals surface area contributed by atoms with E-state index in [0.717, 1.165) is 22.2 Å². The molecule has 0 spiro atoms. The summed E-state index contributed by atoms with van der Waals surface area (Å²) in [5, 5.41) is 0.821. The highest BCUT2D eigenvalue weighted by molar-refractivity contribution is 6.04. The summed E-state index contributed by atoms with van der Waals surface area (Å²) in [6, 6.07) is 18.2. The summed E-state index contributed by atoms with van der Waals surface area (Å²) in [6.07, 6.45) is 6.62. The molecule has 1 saturated carbocycles. The first kappa shape index (κ1) is 16.8. The van der Waals surface area contributed by atoms with Gasteiger partial charge in [0.25, 0.3) is 0 Å². The normalized spacial score (nSPS) is 15.1. The van der Waals surface area contributed by atoms with Crippen molar-refractivity contribution in [2.45, 2.75) is 38.0 Å². The summed E-state index contributed by atoms with van der Waals surface area (Å²) in [6.45, 7) is 0. The van der Waals surface area contributed by atoms with Crippen LogP contribution in [-0.4, -0.2) is 18.1 Å². The monoisotopic (exact) mass is 345 g/mol. The molecule has 1 aromatic heterocycles. The van der Waals surface area contributed by atoms with Crippen LogP contribution in [0.15, 0.2) is 54.6 Å². The maximum Gasteiger partial charge on any atom is 0.338 e. The third kappa shape index (κ3) is 3.22. The number of ether oxygens (including phenoxy) is 1. The highest BCUT2D eigenvalue weighted by Crippen LogP contribution is 2.34. The van der Waals surface area contributed by atoms with E-state index in [1.165, 1.54) is 44.8 Å². The summed E-state index contributed by atoms with van der Waals surface area (Å²) in [5.74, 6) is 0.358. The van der Waals surface area contributed by atoms with Crippen molar-refractivity contribution in [3.63, 3.8) is 0 Å². The lowest BCUT2D eigenvalue weighted by atomic mass is 9.84. The van der Waals surface area contributed by atoms with Crippen LogP contribution in [-0.2, 0) is 4.74 Å². The van der Waals surface area contributed by atoms with E-state index in [0.29, 0.717) is 11.5 Å². The molecule has 0 unspecified atom stereocenters. The SMILES string of the molecule is COC(=O)c1cc(-c2ccc(C3CCCCC3)cc2)nc2ccccc12. The van der Waals surface area contributed by atoms with Gasteiger partial charge < -0.3 is 4.74 Å². The van der Waals surface area contributed by atoms with E-state index in [-0.39, 0.29) is 5.97 Å². The third-order valence-corrected chi connectivity index (χ3v) is 5.40. The quantitative estimate of drug-likeness (QED) is 0.569. The maximum absolute atomic E-state index is 12.2. The number of para-hydroxylation sites is 1. The summed E-state index contributed by atoms with van der Waals surface area (Å²) < 4.78 is 4.97. The molecule has 1 aliphatic carbocycles. The van der Waals surface area contributed by atoms with Gasteiger partial charge in [0, 0.05) is 10.9 Å². The number of carbonyl (C=O) groups excluding carboxylic acids is 1. The first-order valence-corrected chi connectivity index (χ1v) is 9.34. The molecule has 0 N–H and O–H groups in total. The molecule has 0 radical (unpaired) electrons. The molecule has 1 fully saturated rings. The van der Waals surface area contributed by atoms with E-state index in [1.807, 2.05) is 30.3 Å². The van der Waals surface area contributed by atoms with Gasteiger partial charge in [0.1, 0.15) is 0 Å². The zero-order valence-electron chi connectivity index (χ0n) is 15.1. The fraction of sp³-hybridized carbons (Fsp3) is 0.304. The highest BCUT2D eigenvalue weighted by Gasteiger charge is 2.17. The second-order valence-electron chi connectivity index (χ2n) is 7.02. The average Bonchev–Trinajstić information content (AvgIpc) is 2.73. The van der Waals surface area contributed by atoms with Gasteiger partial charge in [-0.3, -0.25) is 0 Å². The predicted molar refractivity (Wildman–Crippen MR) is 104 cm³/mol. The first-order valence-electron chi connectivity index (χ1n) is 9.34.